The molecule has 3 aromatic heterocycles. The summed E-state index contributed by atoms with van der Waals surface area (Å²) in [4.78, 5) is 55.1. The number of amidine groups is 1. The second-order valence-electron chi connectivity index (χ2n) is 10.7. The van der Waals surface area contributed by atoms with Gasteiger partial charge in [-0.2, -0.15) is 10.3 Å². The first-order valence-electron chi connectivity index (χ1n) is 14.5. The summed E-state index contributed by atoms with van der Waals surface area (Å²) in [5.41, 5.74) is 7.17. The van der Waals surface area contributed by atoms with Crippen LogP contribution in [0.25, 0.3) is 0 Å². The molecule has 0 fully saturated rings. The number of aromatic nitrogens is 3. The Morgan fingerprint density at radius 2 is 1.41 bits per heavy atom. The first-order valence-corrected chi connectivity index (χ1v) is 16.7. The van der Waals surface area contributed by atoms with Gasteiger partial charge in [0.25, 0.3) is 23.6 Å². The van der Waals surface area contributed by atoms with Gasteiger partial charge in [-0.05, 0) is 48.5 Å². The molecule has 4 rings (SSSR count). The number of nitrogens with one attached hydrogen (secondary N) is 4. The predicted molar refractivity (Wildman–Crippen MR) is 183 cm³/mol. The van der Waals surface area contributed by atoms with Crippen molar-refractivity contribution in [1.82, 2.24) is 19.0 Å². The fourth-order valence-corrected chi connectivity index (χ4v) is 6.31. The van der Waals surface area contributed by atoms with Crippen LogP contribution in [0, 0.1) is 11.5 Å². The molecule has 0 aliphatic carbocycles. The molecule has 49 heavy (non-hydrogen) atoms. The summed E-state index contributed by atoms with van der Waals surface area (Å²) in [6, 6.07) is 11.5. The zero-order valence-corrected chi connectivity index (χ0v) is 28.2. The van der Waals surface area contributed by atoms with Crippen LogP contribution in [-0.2, 0) is 31.0 Å². The topological polar surface area (TPSA) is 227 Å². The van der Waals surface area contributed by atoms with E-state index >= 15 is 0 Å². The van der Waals surface area contributed by atoms with E-state index in [4.69, 9.17) is 22.6 Å². The average Bonchev–Trinajstić information content (AvgIpc) is 3.72. The lowest BCUT2D eigenvalue weighted by molar-refractivity contribution is 0.0944. The smallest absolute Gasteiger partial charge is 0.272 e. The Balaban J connectivity index is 1.37. The number of amides is 4. The lowest BCUT2D eigenvalue weighted by atomic mass is 10.2. The van der Waals surface area contributed by atoms with Crippen LogP contribution in [0.4, 0.5) is 17.2 Å². The highest BCUT2D eigenvalue weighted by Crippen LogP contribution is 2.20. The number of benzene rings is 1. The molecule has 3 heterocycles. The van der Waals surface area contributed by atoms with Gasteiger partial charge in [0.2, 0.25) is 6.19 Å². The molecule has 1 aromatic carbocycles. The number of hydrogen-bond donors (Lipinski definition) is 5. The zero-order chi connectivity index (χ0) is 35.9. The van der Waals surface area contributed by atoms with Crippen LogP contribution in [0.5, 0.6) is 0 Å². The number of hydrogen-bond acceptors (Lipinski definition) is 8. The number of aryl methyl sites for hydroxylation is 2. The first kappa shape index (κ1) is 36.0. The summed E-state index contributed by atoms with van der Waals surface area (Å²) in [5, 5.41) is 19.4. The molecule has 0 aliphatic heterocycles. The lowest BCUT2D eigenvalue weighted by Crippen LogP contribution is -2.29. The molecule has 0 radical (unpaired) electrons. The van der Waals surface area contributed by atoms with Crippen LogP contribution in [-0.4, -0.2) is 69.8 Å². The Labute approximate surface area is 286 Å². The third-order valence-corrected chi connectivity index (χ3v) is 9.41. The summed E-state index contributed by atoms with van der Waals surface area (Å²) < 4.78 is 28.9. The Hall–Kier alpha value is -5.86. The van der Waals surface area contributed by atoms with E-state index in [1.807, 2.05) is 0 Å². The Morgan fingerprint density at radius 3 is 1.98 bits per heavy atom. The maximum Gasteiger partial charge on any atom is 0.272 e. The Morgan fingerprint density at radius 1 is 0.837 bits per heavy atom. The van der Waals surface area contributed by atoms with E-state index in [9.17, 15) is 27.6 Å². The van der Waals surface area contributed by atoms with E-state index in [0.29, 0.717) is 17.2 Å². The highest BCUT2D eigenvalue weighted by Gasteiger charge is 2.20. The molecule has 0 atom stereocenters. The number of carbonyl (C=O) groups is 4. The van der Waals surface area contributed by atoms with E-state index < -0.39 is 33.5 Å². The number of nitriles is 1. The zero-order valence-electron chi connectivity index (χ0n) is 26.7. The monoisotopic (exact) mass is 708 g/mol. The number of rotatable bonds is 13. The quantitative estimate of drug-likeness (QED) is 0.0598. The summed E-state index contributed by atoms with van der Waals surface area (Å²) in [7, 11) is 1.32. The average molecular weight is 709 g/mol. The summed E-state index contributed by atoms with van der Waals surface area (Å²) in [6.07, 6.45) is 4.90. The molecule has 16 nitrogen and oxygen atoms in total. The molecular weight excluding hydrogens is 676 g/mol. The van der Waals surface area contributed by atoms with Crippen LogP contribution in [0.1, 0.15) is 48.2 Å². The number of nitrogens with zero attached hydrogens (tertiary/aromatic N) is 5. The molecule has 4 aromatic rings. The van der Waals surface area contributed by atoms with E-state index in [0.717, 1.165) is 0 Å². The van der Waals surface area contributed by atoms with E-state index in [-0.39, 0.29) is 58.0 Å². The fourth-order valence-electron chi connectivity index (χ4n) is 4.71. The summed E-state index contributed by atoms with van der Waals surface area (Å²) in [5.74, 6) is -1.77. The van der Waals surface area contributed by atoms with Crippen LogP contribution in [0.2, 0.25) is 0 Å². The van der Waals surface area contributed by atoms with Crippen LogP contribution in [0.3, 0.4) is 0 Å². The van der Waals surface area contributed by atoms with E-state index in [1.54, 1.807) is 45.8 Å². The van der Waals surface area contributed by atoms with Crippen molar-refractivity contribution in [1.29, 1.82) is 5.26 Å². The van der Waals surface area contributed by atoms with Gasteiger partial charge < -0.3 is 40.7 Å². The molecule has 6 N–H and O–H groups in total. The Bertz CT molecular complexity index is 2090. The van der Waals surface area contributed by atoms with Crippen LogP contribution < -0.4 is 27.0 Å². The van der Waals surface area contributed by atoms with Crippen molar-refractivity contribution in [3.63, 3.8) is 0 Å². The molecule has 256 valence electrons. The van der Waals surface area contributed by atoms with E-state index in [2.05, 4.69) is 26.3 Å². The molecule has 0 unspecified atom stereocenters. The minimum atomic E-state index is -3.54. The Kier molecular flexibility index (Phi) is 11.3. The summed E-state index contributed by atoms with van der Waals surface area (Å²) in [6.45, 7) is 0.166. The van der Waals surface area contributed by atoms with Crippen molar-refractivity contribution >= 4 is 68.1 Å². The van der Waals surface area contributed by atoms with Gasteiger partial charge in [-0.15, -0.1) is 11.6 Å². The number of halogens is 1. The molecule has 18 heteroatoms. The molecule has 0 bridgehead atoms. The number of sulfone groups is 1. The largest absolute Gasteiger partial charge is 0.386 e. The summed E-state index contributed by atoms with van der Waals surface area (Å²) >= 11 is 5.56. The standard InChI is InChI=1S/C31H33ClN10O6S/c1-40-16-20(14-24(40)29(44)35-12-10-26(34)36-18-33)38-31(46)25-15-21(17-41(25)2)37-30(45)23-8-9-27(42(23)3)39-28(43)19-4-6-22(7-5-19)49(47,48)13-11-32/h4-9,14-17H,10-13H2,1-3H3,(H2,34,36)(H,35,44)(H,37,45)(H,38,46)(H,39,43). The second kappa shape index (κ2) is 15.4. The molecule has 0 saturated carbocycles. The minimum absolute atomic E-state index is 0.0472. The number of carbonyl (C=O) groups excluding carboxylic acids is 4. The molecule has 0 saturated heterocycles. The normalized spacial score (nSPS) is 11.4. The molecule has 0 spiro atoms. The van der Waals surface area contributed by atoms with Gasteiger partial charge in [-0.3, -0.25) is 19.2 Å². The highest BCUT2D eigenvalue weighted by molar-refractivity contribution is 7.91. The number of aliphatic imine (C=N–C) groups is 1. The number of alkyl halides is 1. The van der Waals surface area contributed by atoms with Gasteiger partial charge in [0, 0.05) is 57.9 Å². The molecular formula is C31H33ClN10O6S. The fraction of sp³-hybridized carbons (Fsp3) is 0.226. The van der Waals surface area contributed by atoms with Gasteiger partial charge >= 0.3 is 0 Å². The first-order chi connectivity index (χ1) is 23.2. The number of anilines is 3. The van der Waals surface area contributed by atoms with Crippen molar-refractivity contribution in [2.45, 2.75) is 11.3 Å². The third kappa shape index (κ3) is 8.74. The van der Waals surface area contributed by atoms with Crippen molar-refractivity contribution in [3.05, 3.63) is 83.6 Å². The van der Waals surface area contributed by atoms with Gasteiger partial charge in [0.1, 0.15) is 28.7 Å². The van der Waals surface area contributed by atoms with Crippen molar-refractivity contribution in [2.75, 3.05) is 34.1 Å². The molecule has 0 aliphatic rings. The van der Waals surface area contributed by atoms with Gasteiger partial charge in [0.15, 0.2) is 9.84 Å². The highest BCUT2D eigenvalue weighted by atomic mass is 35.5. The third-order valence-electron chi connectivity index (χ3n) is 7.27. The minimum Gasteiger partial charge on any atom is -0.386 e. The number of nitrogens with two attached hydrogens (primary N) is 1. The van der Waals surface area contributed by atoms with Gasteiger partial charge in [-0.25, -0.2) is 8.42 Å². The molecule has 4 amide bonds. The lowest BCUT2D eigenvalue weighted by Gasteiger charge is -2.10. The predicted octanol–water partition coefficient (Wildman–Crippen LogP) is 2.43. The van der Waals surface area contributed by atoms with Crippen LogP contribution in [0.15, 0.2) is 70.8 Å². The maximum absolute atomic E-state index is 13.1. The van der Waals surface area contributed by atoms with Crippen LogP contribution >= 0.6 is 11.6 Å². The van der Waals surface area contributed by atoms with Crippen molar-refractivity contribution in [2.24, 2.45) is 31.9 Å². The maximum atomic E-state index is 13.1. The van der Waals surface area contributed by atoms with Gasteiger partial charge in [-0.1, -0.05) is 0 Å². The van der Waals surface area contributed by atoms with Crippen molar-refractivity contribution in [3.8, 4) is 6.19 Å². The second-order valence-corrected chi connectivity index (χ2v) is 13.2. The van der Waals surface area contributed by atoms with Gasteiger partial charge in [0.05, 0.1) is 22.0 Å². The van der Waals surface area contributed by atoms with Crippen molar-refractivity contribution < 1.29 is 27.6 Å². The SMILES string of the molecule is Cn1cc(NC(=O)c2cc(NC(=O)c3ccc(NC(=O)c4ccc(S(=O)(=O)CCCl)cc4)n3C)cn2C)cc1C(=O)NCCC(N)=NC#N. The van der Waals surface area contributed by atoms with E-state index in [1.165, 1.54) is 56.2 Å².